The molecule has 39 heavy (non-hydrogen) atoms. The molecule has 8 atom stereocenters. The number of anilines is 2. The summed E-state index contributed by atoms with van der Waals surface area (Å²) in [4.78, 5) is 59.9. The van der Waals surface area contributed by atoms with Crippen LogP contribution in [0.5, 0.6) is 0 Å². The maximum absolute atomic E-state index is 13.2. The zero-order valence-corrected chi connectivity index (χ0v) is 20.8. The summed E-state index contributed by atoms with van der Waals surface area (Å²) in [7, 11) is 0. The molecule has 192 valence electrons. The number of rotatable bonds is 3. The molecule has 8 nitrogen and oxygen atoms in total. The number of hydrogen-bond donors (Lipinski definition) is 0. The predicted molar refractivity (Wildman–Crippen MR) is 140 cm³/mol. The molecule has 4 aliphatic carbocycles. The number of amides is 4. The monoisotopic (exact) mass is 517 g/mol. The second-order valence-electron chi connectivity index (χ2n) is 11.7. The first-order valence-electron chi connectivity index (χ1n) is 13.6. The number of nitrogens with zero attached hydrogens (tertiary/aromatic N) is 3. The quantitative estimate of drug-likeness (QED) is 0.383. The van der Waals surface area contributed by atoms with Crippen molar-refractivity contribution in [1.29, 1.82) is 0 Å². The Kier molecular flexibility index (Phi) is 3.98. The van der Waals surface area contributed by atoms with Crippen molar-refractivity contribution in [3.63, 3.8) is 0 Å². The lowest BCUT2D eigenvalue weighted by Crippen LogP contribution is -2.32. The summed E-state index contributed by atoms with van der Waals surface area (Å²) in [5, 5.41) is 0. The smallest absolute Gasteiger partial charge is 0.238 e. The van der Waals surface area contributed by atoms with E-state index in [2.05, 4.69) is 29.3 Å². The van der Waals surface area contributed by atoms with Crippen molar-refractivity contribution in [3.8, 4) is 11.5 Å². The lowest BCUT2D eigenvalue weighted by Gasteiger charge is -2.17. The van der Waals surface area contributed by atoms with E-state index in [4.69, 9.17) is 4.42 Å². The van der Waals surface area contributed by atoms with Gasteiger partial charge in [-0.25, -0.2) is 9.88 Å². The van der Waals surface area contributed by atoms with Crippen molar-refractivity contribution in [2.75, 3.05) is 9.80 Å². The van der Waals surface area contributed by atoms with Gasteiger partial charge in [-0.15, -0.1) is 0 Å². The van der Waals surface area contributed by atoms with E-state index in [0.29, 0.717) is 33.9 Å². The topological polar surface area (TPSA) is 101 Å². The van der Waals surface area contributed by atoms with Crippen molar-refractivity contribution in [2.45, 2.75) is 12.8 Å². The minimum Gasteiger partial charge on any atom is -0.436 e. The van der Waals surface area contributed by atoms with Crippen LogP contribution in [0.3, 0.4) is 0 Å². The molecule has 4 amide bonds. The highest BCUT2D eigenvalue weighted by Crippen LogP contribution is 2.54. The molecular formula is C31H23N3O5. The highest BCUT2D eigenvalue weighted by molar-refractivity contribution is 6.24. The molecule has 4 fully saturated rings. The molecule has 0 spiro atoms. The third-order valence-electron chi connectivity index (χ3n) is 9.94. The van der Waals surface area contributed by atoms with E-state index in [1.54, 1.807) is 42.5 Å². The van der Waals surface area contributed by atoms with Crippen LogP contribution in [0.15, 0.2) is 71.2 Å². The molecule has 0 unspecified atom stereocenters. The van der Waals surface area contributed by atoms with E-state index >= 15 is 0 Å². The van der Waals surface area contributed by atoms with Gasteiger partial charge in [0, 0.05) is 11.6 Å². The lowest BCUT2D eigenvalue weighted by molar-refractivity contribution is -0.124. The van der Waals surface area contributed by atoms with Gasteiger partial charge in [0.1, 0.15) is 5.52 Å². The minimum atomic E-state index is -0.257. The average Bonchev–Trinajstić information content (AvgIpc) is 3.79. The Labute approximate surface area is 223 Å². The Bertz CT molecular complexity index is 1660. The summed E-state index contributed by atoms with van der Waals surface area (Å²) in [6.07, 6.45) is 10.1. The maximum Gasteiger partial charge on any atom is 0.238 e. The molecule has 9 rings (SSSR count). The molecular weight excluding hydrogens is 494 g/mol. The zero-order chi connectivity index (χ0) is 26.2. The SMILES string of the molecule is O=C1[C@@H]2[C@H](C(=O)N1c1ccc(-c3nc4ccc(N5C(=O)[C@@H]6[C@H](C5=O)[C@@H]5C=C[C@H]6C5)cc4o3)cc1)[C@@H]1C=C[C@H]2C1. The van der Waals surface area contributed by atoms with Gasteiger partial charge in [-0.2, -0.15) is 0 Å². The molecule has 3 heterocycles. The molecule has 2 saturated heterocycles. The highest BCUT2D eigenvalue weighted by atomic mass is 16.3. The third kappa shape index (κ3) is 2.66. The van der Waals surface area contributed by atoms with Gasteiger partial charge in [0.05, 0.1) is 35.0 Å². The third-order valence-corrected chi connectivity index (χ3v) is 9.94. The minimum absolute atomic E-state index is 0.108. The van der Waals surface area contributed by atoms with Gasteiger partial charge in [0.25, 0.3) is 0 Å². The summed E-state index contributed by atoms with van der Waals surface area (Å²) in [5.74, 6) is -0.435. The standard InChI is InChI=1S/C31H23N3O5/c35-28-23-15-1-2-16(11-15)24(23)29(36)33(28)19-7-5-14(6-8-19)27-32-21-10-9-20(13-22(21)39-27)34-30(37)25-17-3-4-18(12-17)26(25)31(34)38/h1-10,13,15-18,23-26H,11-12H2/t15-,16+,17-,18+,23-,24+,25-,26+. The number of benzene rings is 2. The Morgan fingerprint density at radius 3 is 1.59 bits per heavy atom. The fourth-order valence-electron chi connectivity index (χ4n) is 8.24. The summed E-state index contributed by atoms with van der Waals surface area (Å²) >= 11 is 0. The molecule has 4 bridgehead atoms. The molecule has 2 aliphatic heterocycles. The molecule has 6 aliphatic rings. The average molecular weight is 518 g/mol. The van der Waals surface area contributed by atoms with E-state index in [-0.39, 0.29) is 71.0 Å². The Morgan fingerprint density at radius 2 is 1.08 bits per heavy atom. The summed E-state index contributed by atoms with van der Waals surface area (Å²) in [5.41, 5.74) is 2.85. The number of carbonyl (C=O) groups is 4. The second kappa shape index (κ2) is 7.20. The van der Waals surface area contributed by atoms with Crippen molar-refractivity contribution in [1.82, 2.24) is 4.98 Å². The number of imide groups is 2. The number of hydrogen-bond acceptors (Lipinski definition) is 6. The molecule has 8 heteroatoms. The first kappa shape index (κ1) is 21.6. The first-order chi connectivity index (χ1) is 19.0. The summed E-state index contributed by atoms with van der Waals surface area (Å²) < 4.78 is 6.05. The van der Waals surface area contributed by atoms with Crippen LogP contribution >= 0.6 is 0 Å². The number of allylic oxidation sites excluding steroid dienone is 4. The Hall–Kier alpha value is -4.33. The van der Waals surface area contributed by atoms with Crippen LogP contribution in [0.2, 0.25) is 0 Å². The zero-order valence-electron chi connectivity index (χ0n) is 20.8. The van der Waals surface area contributed by atoms with Crippen molar-refractivity contribution in [3.05, 3.63) is 66.8 Å². The van der Waals surface area contributed by atoms with E-state index in [9.17, 15) is 19.2 Å². The molecule has 0 radical (unpaired) electrons. The fraction of sp³-hybridized carbons (Fsp3) is 0.323. The molecule has 2 saturated carbocycles. The molecule has 1 aromatic heterocycles. The van der Waals surface area contributed by atoms with Crippen LogP contribution in [-0.4, -0.2) is 28.6 Å². The highest BCUT2D eigenvalue weighted by Gasteiger charge is 2.60. The van der Waals surface area contributed by atoms with Crippen molar-refractivity contribution in [2.24, 2.45) is 47.3 Å². The van der Waals surface area contributed by atoms with Crippen LogP contribution in [-0.2, 0) is 19.2 Å². The lowest BCUT2D eigenvalue weighted by atomic mass is 9.85. The summed E-state index contributed by atoms with van der Waals surface area (Å²) in [6.45, 7) is 0. The van der Waals surface area contributed by atoms with Crippen LogP contribution in [0.25, 0.3) is 22.6 Å². The van der Waals surface area contributed by atoms with Crippen LogP contribution in [0.4, 0.5) is 11.4 Å². The predicted octanol–water partition coefficient (Wildman–Crippen LogP) is 4.12. The molecule has 0 N–H and O–H groups in total. The number of fused-ring (bicyclic) bond motifs is 11. The van der Waals surface area contributed by atoms with Crippen LogP contribution in [0, 0.1) is 47.3 Å². The van der Waals surface area contributed by atoms with Crippen LogP contribution < -0.4 is 9.80 Å². The van der Waals surface area contributed by atoms with E-state index in [1.807, 2.05) is 0 Å². The van der Waals surface area contributed by atoms with Gasteiger partial charge in [-0.1, -0.05) is 24.3 Å². The van der Waals surface area contributed by atoms with Gasteiger partial charge in [0.15, 0.2) is 5.58 Å². The largest absolute Gasteiger partial charge is 0.436 e. The fourth-order valence-corrected chi connectivity index (χ4v) is 8.24. The van der Waals surface area contributed by atoms with Gasteiger partial charge in [0.2, 0.25) is 29.5 Å². The van der Waals surface area contributed by atoms with Crippen molar-refractivity contribution >= 4 is 46.1 Å². The van der Waals surface area contributed by atoms with Crippen LogP contribution in [0.1, 0.15) is 12.8 Å². The van der Waals surface area contributed by atoms with E-state index in [1.165, 1.54) is 9.80 Å². The number of oxazole rings is 1. The number of carbonyl (C=O) groups excluding carboxylic acids is 4. The Morgan fingerprint density at radius 1 is 0.615 bits per heavy atom. The Balaban J connectivity index is 0.997. The van der Waals surface area contributed by atoms with E-state index in [0.717, 1.165) is 12.8 Å². The van der Waals surface area contributed by atoms with Crippen molar-refractivity contribution < 1.29 is 23.6 Å². The molecule has 3 aromatic rings. The van der Waals surface area contributed by atoms with E-state index < -0.39 is 0 Å². The van der Waals surface area contributed by atoms with Gasteiger partial charge < -0.3 is 4.42 Å². The first-order valence-corrected chi connectivity index (χ1v) is 13.6. The summed E-state index contributed by atoms with van der Waals surface area (Å²) in [6, 6.07) is 12.3. The van der Waals surface area contributed by atoms with Gasteiger partial charge >= 0.3 is 0 Å². The molecule has 2 aromatic carbocycles. The van der Waals surface area contributed by atoms with Gasteiger partial charge in [-0.05, 0) is 72.9 Å². The normalized spacial score (nSPS) is 35.4. The second-order valence-corrected chi connectivity index (χ2v) is 11.7. The number of aromatic nitrogens is 1. The van der Waals surface area contributed by atoms with Gasteiger partial charge in [-0.3, -0.25) is 24.1 Å². The maximum atomic E-state index is 13.2.